The molecule has 5 rings (SSSR count). The van der Waals surface area contributed by atoms with Gasteiger partial charge in [-0.15, -0.1) is 0 Å². The number of fused-ring (bicyclic) bond motifs is 1. The molecule has 0 aliphatic rings. The molecular weight excluding hydrogens is 753 g/mol. The Labute approximate surface area is 318 Å². The Morgan fingerprint density at radius 2 is 1.56 bits per heavy atom. The molecule has 1 unspecified atom stereocenters. The first kappa shape index (κ1) is 41.0. The van der Waals surface area contributed by atoms with Crippen LogP contribution >= 0.6 is 0 Å². The van der Waals surface area contributed by atoms with Gasteiger partial charge in [0, 0.05) is 62.7 Å². The second-order valence-electron chi connectivity index (χ2n) is 12.2. The van der Waals surface area contributed by atoms with Crippen LogP contribution in [0.5, 0.6) is 0 Å². The highest BCUT2D eigenvalue weighted by Gasteiger charge is 2.26. The number of anilines is 1. The van der Waals surface area contributed by atoms with E-state index in [4.69, 9.17) is 9.47 Å². The largest absolute Gasteiger partial charge is 0.480 e. The third-order valence-corrected chi connectivity index (χ3v) is 11.3. The molecule has 2 heterocycles. The quantitative estimate of drug-likeness (QED) is 0.0524. The minimum Gasteiger partial charge on any atom is -0.480 e. The van der Waals surface area contributed by atoms with Gasteiger partial charge in [-0.05, 0) is 73.4 Å². The summed E-state index contributed by atoms with van der Waals surface area (Å²) < 4.78 is 68.8. The van der Waals surface area contributed by atoms with Gasteiger partial charge in [-0.3, -0.25) is 14.3 Å². The number of carboxylic acid groups (broad SMARTS) is 1. The lowest BCUT2D eigenvalue weighted by molar-refractivity contribution is -0.138. The maximum absolute atomic E-state index is 13.2. The van der Waals surface area contributed by atoms with Crippen LogP contribution < -0.4 is 20.1 Å². The van der Waals surface area contributed by atoms with E-state index in [1.54, 1.807) is 48.9 Å². The molecule has 1 atom stereocenters. The number of nitrogens with one attached hydrogen (secondary N) is 5. The van der Waals surface area contributed by atoms with Crippen LogP contribution in [-0.4, -0.2) is 106 Å². The number of carbonyl (C=O) groups is 2. The summed E-state index contributed by atoms with van der Waals surface area (Å²) in [6, 6.07) is 15.1. The number of sulfonamides is 2. The molecule has 1 amide bonds. The fourth-order valence-electron chi connectivity index (χ4n) is 5.42. The molecule has 0 aliphatic heterocycles. The van der Waals surface area contributed by atoms with Gasteiger partial charge < -0.3 is 30.2 Å². The van der Waals surface area contributed by atoms with Crippen molar-refractivity contribution in [2.75, 3.05) is 51.4 Å². The van der Waals surface area contributed by atoms with Gasteiger partial charge in [0.1, 0.15) is 6.04 Å². The highest BCUT2D eigenvalue weighted by atomic mass is 32.2. The van der Waals surface area contributed by atoms with E-state index in [1.165, 1.54) is 36.4 Å². The highest BCUT2D eigenvalue weighted by molar-refractivity contribution is 7.89. The number of nitrogens with zero attached hydrogens (tertiary/aromatic N) is 3. The number of aromatic amines is 1. The van der Waals surface area contributed by atoms with Gasteiger partial charge in [0.15, 0.2) is 5.95 Å². The second-order valence-corrected chi connectivity index (χ2v) is 15.7. The third kappa shape index (κ3) is 11.7. The fourth-order valence-corrected chi connectivity index (χ4v) is 7.68. The Hall–Kier alpha value is -5.18. The number of H-pyrrole nitrogens is 1. The monoisotopic (exact) mass is 796 g/mol. The van der Waals surface area contributed by atoms with Crippen molar-refractivity contribution in [1.29, 1.82) is 0 Å². The molecule has 5 aromatic rings. The number of hydrogen-bond donors (Lipinski definition) is 6. The van der Waals surface area contributed by atoms with E-state index < -0.39 is 44.5 Å². The van der Waals surface area contributed by atoms with Gasteiger partial charge in [-0.25, -0.2) is 26.5 Å². The Bertz CT molecular complexity index is 2230. The highest BCUT2D eigenvalue weighted by Crippen LogP contribution is 2.23. The normalized spacial score (nSPS) is 12.5. The molecule has 6 N–H and O–H groups in total. The van der Waals surface area contributed by atoms with E-state index in [-0.39, 0.29) is 21.9 Å². The van der Waals surface area contributed by atoms with Crippen molar-refractivity contribution in [1.82, 2.24) is 34.5 Å². The Morgan fingerprint density at radius 1 is 0.873 bits per heavy atom. The minimum absolute atomic E-state index is 0.0713. The van der Waals surface area contributed by atoms with E-state index in [0.717, 1.165) is 11.9 Å². The van der Waals surface area contributed by atoms with Crippen LogP contribution in [0.1, 0.15) is 30.1 Å². The molecular formula is C36H44N8O9S2. The Kier molecular flexibility index (Phi) is 14.5. The van der Waals surface area contributed by atoms with Crippen molar-refractivity contribution in [3.8, 4) is 11.1 Å². The molecule has 0 fully saturated rings. The average molecular weight is 797 g/mol. The van der Waals surface area contributed by atoms with Crippen molar-refractivity contribution in [2.24, 2.45) is 0 Å². The molecule has 17 nitrogen and oxygen atoms in total. The fraction of sp³-hybridized carbons (Fsp3) is 0.333. The van der Waals surface area contributed by atoms with Crippen molar-refractivity contribution in [3.05, 3.63) is 90.9 Å². The van der Waals surface area contributed by atoms with Crippen molar-refractivity contribution in [3.63, 3.8) is 0 Å². The van der Waals surface area contributed by atoms with E-state index >= 15 is 0 Å². The number of carboxylic acids is 1. The molecule has 0 saturated carbocycles. The first-order valence-corrected chi connectivity index (χ1v) is 20.5. The van der Waals surface area contributed by atoms with Gasteiger partial charge in [-0.2, -0.15) is 9.82 Å². The lowest BCUT2D eigenvalue weighted by atomic mass is 10.1. The maximum Gasteiger partial charge on any atom is 0.323 e. The van der Waals surface area contributed by atoms with Crippen molar-refractivity contribution in [2.45, 2.75) is 42.1 Å². The van der Waals surface area contributed by atoms with Crippen LogP contribution in [0.3, 0.4) is 0 Å². The van der Waals surface area contributed by atoms with Crippen LogP contribution in [0.25, 0.3) is 22.0 Å². The Morgan fingerprint density at radius 3 is 2.22 bits per heavy atom. The third-order valence-electron chi connectivity index (χ3n) is 8.30. The van der Waals surface area contributed by atoms with Crippen molar-refractivity contribution < 1.29 is 41.0 Å². The lowest BCUT2D eigenvalue weighted by Gasteiger charge is -2.16. The van der Waals surface area contributed by atoms with Crippen LogP contribution in [-0.2, 0) is 40.9 Å². The van der Waals surface area contributed by atoms with E-state index in [9.17, 15) is 31.5 Å². The van der Waals surface area contributed by atoms with Crippen molar-refractivity contribution >= 4 is 48.8 Å². The number of ether oxygens (including phenoxy) is 2. The summed E-state index contributed by atoms with van der Waals surface area (Å²) in [5.41, 5.74) is 2.31. The molecule has 294 valence electrons. The number of carbonyl (C=O) groups excluding carboxylic acids is 1. The van der Waals surface area contributed by atoms with E-state index in [2.05, 4.69) is 35.1 Å². The van der Waals surface area contributed by atoms with Gasteiger partial charge in [-0.1, -0.05) is 24.3 Å². The molecule has 0 aliphatic carbocycles. The molecule has 2 aromatic heterocycles. The average Bonchev–Trinajstić information content (AvgIpc) is 3.86. The van der Waals surface area contributed by atoms with E-state index in [0.29, 0.717) is 68.4 Å². The first-order chi connectivity index (χ1) is 26.5. The zero-order valence-corrected chi connectivity index (χ0v) is 31.7. The summed E-state index contributed by atoms with van der Waals surface area (Å²) in [6.07, 6.45) is 6.28. The molecule has 0 radical (unpaired) electrons. The summed E-state index contributed by atoms with van der Waals surface area (Å²) in [5.74, 6) is -1.38. The number of aromatic nitrogens is 4. The number of benzene rings is 3. The molecule has 0 bridgehead atoms. The van der Waals surface area contributed by atoms with Gasteiger partial charge in [0.2, 0.25) is 20.0 Å². The Balaban J connectivity index is 1.11. The predicted octanol–water partition coefficient (Wildman–Crippen LogP) is 2.81. The first-order valence-electron chi connectivity index (χ1n) is 17.5. The summed E-state index contributed by atoms with van der Waals surface area (Å²) in [6.45, 7) is 4.80. The smallest absolute Gasteiger partial charge is 0.323 e. The number of amides is 1. The molecule has 0 spiro atoms. The summed E-state index contributed by atoms with van der Waals surface area (Å²) in [4.78, 5) is 32.0. The van der Waals surface area contributed by atoms with Crippen LogP contribution in [0.15, 0.2) is 95.1 Å². The number of hydrogen-bond acceptors (Lipinski definition) is 11. The van der Waals surface area contributed by atoms with Crippen LogP contribution in [0, 0.1) is 0 Å². The lowest BCUT2D eigenvalue weighted by Crippen LogP contribution is -2.48. The van der Waals surface area contributed by atoms with Gasteiger partial charge in [0.05, 0.1) is 34.7 Å². The number of aliphatic carboxylic acids is 1. The molecule has 3 aromatic carbocycles. The summed E-state index contributed by atoms with van der Waals surface area (Å²) in [5, 5.41) is 20.6. The SMILES string of the molecule is CCOCCOCCCNS(=O)(=O)c1ccc(-c2ccc(S(=O)(=O)NC(CNC(=O)c3ccc4c(cnn4CCCNc4ncc[nH]4)c3)C(=O)O)cc2)cc1. The molecule has 19 heteroatoms. The summed E-state index contributed by atoms with van der Waals surface area (Å²) in [7, 11) is -8.06. The van der Waals surface area contributed by atoms with Gasteiger partial charge >= 0.3 is 5.97 Å². The maximum atomic E-state index is 13.2. The standard InChI is InChI=1S/C36H44N8O9S2/c1-2-52-21-22-53-20-4-16-42-54(48,49)30-10-5-26(6-11-30)27-7-12-31(13-8-27)55(50,51)43-32(35(46)47)25-40-34(45)28-9-14-33-29(23-28)24-41-44(33)19-3-15-37-36-38-17-18-39-36/h5-14,17-18,23-24,32,42-43H,2-4,15-16,19-22,25H2,1H3,(H,40,45)(H,46,47)(H2,37,38,39). The summed E-state index contributed by atoms with van der Waals surface area (Å²) >= 11 is 0. The molecule has 55 heavy (non-hydrogen) atoms. The predicted molar refractivity (Wildman–Crippen MR) is 205 cm³/mol. The number of imidazole rings is 1. The van der Waals surface area contributed by atoms with Crippen LogP contribution in [0.4, 0.5) is 5.95 Å². The molecule has 0 saturated heterocycles. The minimum atomic E-state index is -4.32. The zero-order chi connectivity index (χ0) is 39.3. The number of rotatable bonds is 23. The topological polar surface area (TPSA) is 236 Å². The second kappa shape index (κ2) is 19.4. The van der Waals surface area contributed by atoms with Crippen LogP contribution in [0.2, 0.25) is 0 Å². The zero-order valence-electron chi connectivity index (χ0n) is 30.1. The van der Waals surface area contributed by atoms with Gasteiger partial charge in [0.25, 0.3) is 5.91 Å². The van der Waals surface area contributed by atoms with E-state index in [1.807, 2.05) is 11.6 Å². The number of aryl methyl sites for hydroxylation is 1.